The van der Waals surface area contributed by atoms with E-state index in [9.17, 15) is 10.4 Å². The van der Waals surface area contributed by atoms with Crippen LogP contribution in [0.25, 0.3) is 0 Å². The Labute approximate surface area is 85.7 Å². The van der Waals surface area contributed by atoms with Gasteiger partial charge in [-0.15, -0.1) is 0 Å². The zero-order chi connectivity index (χ0) is 10.8. The Morgan fingerprint density at radius 2 is 2.36 bits per heavy atom. The van der Waals surface area contributed by atoms with Crippen molar-refractivity contribution in [1.82, 2.24) is 0 Å². The fraction of sp³-hybridized carbons (Fsp3) is 0.909. The summed E-state index contributed by atoms with van der Waals surface area (Å²) in [6.07, 6.45) is 2.58. The Morgan fingerprint density at radius 3 is 2.71 bits per heavy atom. The quantitative estimate of drug-likeness (QED) is 0.749. The van der Waals surface area contributed by atoms with E-state index in [0.29, 0.717) is 5.92 Å². The second-order valence-corrected chi connectivity index (χ2v) is 4.75. The molecule has 14 heavy (non-hydrogen) atoms. The highest BCUT2D eigenvalue weighted by atomic mass is 16.5. The van der Waals surface area contributed by atoms with E-state index in [0.717, 1.165) is 19.3 Å². The molecule has 0 aliphatic heterocycles. The Kier molecular flexibility index (Phi) is 3.18. The van der Waals surface area contributed by atoms with Gasteiger partial charge in [-0.2, -0.15) is 5.26 Å². The van der Waals surface area contributed by atoms with E-state index in [4.69, 9.17) is 4.74 Å². The molecule has 1 aliphatic carbocycles. The fourth-order valence-corrected chi connectivity index (χ4v) is 2.42. The van der Waals surface area contributed by atoms with Gasteiger partial charge < -0.3 is 9.84 Å². The number of nitrogens with zero attached hydrogens (tertiary/aromatic N) is 1. The molecule has 1 rings (SSSR count). The summed E-state index contributed by atoms with van der Waals surface area (Å²) in [6, 6.07) is 2.30. The van der Waals surface area contributed by atoms with E-state index in [1.165, 1.54) is 0 Å². The van der Waals surface area contributed by atoms with Crippen LogP contribution in [0.2, 0.25) is 0 Å². The summed E-state index contributed by atoms with van der Waals surface area (Å²) < 4.78 is 4.98. The van der Waals surface area contributed by atoms with Crippen LogP contribution in [0, 0.1) is 22.7 Å². The molecule has 3 unspecified atom stereocenters. The number of ether oxygens (including phenoxy) is 1. The van der Waals surface area contributed by atoms with E-state index in [1.54, 1.807) is 14.0 Å². The van der Waals surface area contributed by atoms with Crippen LogP contribution < -0.4 is 0 Å². The minimum absolute atomic E-state index is 0.229. The van der Waals surface area contributed by atoms with Crippen LogP contribution in [0.15, 0.2) is 0 Å². The molecular formula is C11H19NO2. The van der Waals surface area contributed by atoms with Crippen LogP contribution in [0.3, 0.4) is 0 Å². The highest BCUT2D eigenvalue weighted by molar-refractivity contribution is 5.13. The van der Waals surface area contributed by atoms with Crippen molar-refractivity contribution in [1.29, 1.82) is 5.26 Å². The first-order valence-corrected chi connectivity index (χ1v) is 5.10. The molecule has 0 aromatic rings. The summed E-state index contributed by atoms with van der Waals surface area (Å²) in [5, 5.41) is 19.5. The average Bonchev–Trinajstić information content (AvgIpc) is 2.49. The van der Waals surface area contributed by atoms with Gasteiger partial charge in [0.25, 0.3) is 0 Å². The second kappa shape index (κ2) is 3.88. The first-order valence-electron chi connectivity index (χ1n) is 5.10. The van der Waals surface area contributed by atoms with Crippen molar-refractivity contribution in [3.8, 4) is 6.07 Å². The van der Waals surface area contributed by atoms with Crippen molar-refractivity contribution < 1.29 is 9.84 Å². The Hall–Kier alpha value is -0.590. The third kappa shape index (κ3) is 1.77. The minimum Gasteiger partial charge on any atom is -0.386 e. The van der Waals surface area contributed by atoms with E-state index >= 15 is 0 Å². The van der Waals surface area contributed by atoms with Crippen molar-refractivity contribution in [2.45, 2.75) is 38.7 Å². The van der Waals surface area contributed by atoms with E-state index < -0.39 is 11.0 Å². The van der Waals surface area contributed by atoms with Gasteiger partial charge in [0.15, 0.2) is 0 Å². The lowest BCUT2D eigenvalue weighted by molar-refractivity contribution is -0.0875. The number of nitriles is 1. The number of rotatable bonds is 3. The van der Waals surface area contributed by atoms with Crippen molar-refractivity contribution in [3.05, 3.63) is 0 Å². The largest absolute Gasteiger partial charge is 0.386 e. The summed E-state index contributed by atoms with van der Waals surface area (Å²) in [5.74, 6) is 0.526. The molecular weight excluding hydrogens is 178 g/mol. The maximum atomic E-state index is 10.2. The fourth-order valence-electron chi connectivity index (χ4n) is 2.42. The molecule has 0 aromatic heterocycles. The van der Waals surface area contributed by atoms with Gasteiger partial charge in [0.1, 0.15) is 5.60 Å². The topological polar surface area (TPSA) is 53.2 Å². The molecule has 0 radical (unpaired) electrons. The van der Waals surface area contributed by atoms with Gasteiger partial charge >= 0.3 is 0 Å². The van der Waals surface area contributed by atoms with Gasteiger partial charge in [-0.25, -0.2) is 0 Å². The Morgan fingerprint density at radius 1 is 1.71 bits per heavy atom. The predicted molar refractivity (Wildman–Crippen MR) is 53.6 cm³/mol. The molecule has 1 aliphatic rings. The number of hydrogen-bond donors (Lipinski definition) is 1. The molecule has 0 bridgehead atoms. The minimum atomic E-state index is -1.03. The van der Waals surface area contributed by atoms with Crippen molar-refractivity contribution in [2.24, 2.45) is 11.3 Å². The zero-order valence-electron chi connectivity index (χ0n) is 9.21. The zero-order valence-corrected chi connectivity index (χ0v) is 9.21. The monoisotopic (exact) mass is 197 g/mol. The van der Waals surface area contributed by atoms with Crippen LogP contribution in [-0.4, -0.2) is 24.4 Å². The van der Waals surface area contributed by atoms with E-state index in [-0.39, 0.29) is 6.61 Å². The lowest BCUT2D eigenvalue weighted by atomic mass is 9.72. The smallest absolute Gasteiger partial charge is 0.104 e. The average molecular weight is 197 g/mol. The van der Waals surface area contributed by atoms with Crippen LogP contribution in [-0.2, 0) is 4.74 Å². The van der Waals surface area contributed by atoms with Gasteiger partial charge in [0.2, 0.25) is 0 Å². The molecule has 0 heterocycles. The van der Waals surface area contributed by atoms with Crippen LogP contribution >= 0.6 is 0 Å². The third-order valence-electron chi connectivity index (χ3n) is 3.43. The maximum Gasteiger partial charge on any atom is 0.104 e. The van der Waals surface area contributed by atoms with Crippen molar-refractivity contribution >= 4 is 0 Å². The first-order chi connectivity index (χ1) is 6.47. The number of aliphatic hydroxyl groups is 1. The molecule has 3 heteroatoms. The van der Waals surface area contributed by atoms with Gasteiger partial charge in [-0.1, -0.05) is 6.92 Å². The lowest BCUT2D eigenvalue weighted by Crippen LogP contribution is -2.47. The molecule has 3 nitrogen and oxygen atoms in total. The molecule has 0 saturated heterocycles. The first kappa shape index (κ1) is 11.5. The highest BCUT2D eigenvalue weighted by Gasteiger charge is 2.51. The normalized spacial score (nSPS) is 36.4. The van der Waals surface area contributed by atoms with Gasteiger partial charge in [0, 0.05) is 7.11 Å². The van der Waals surface area contributed by atoms with Crippen LogP contribution in [0.5, 0.6) is 0 Å². The van der Waals surface area contributed by atoms with E-state index in [2.05, 4.69) is 13.0 Å². The lowest BCUT2D eigenvalue weighted by Gasteiger charge is -2.36. The summed E-state index contributed by atoms with van der Waals surface area (Å²) in [7, 11) is 1.55. The molecule has 0 spiro atoms. The molecule has 0 aromatic carbocycles. The van der Waals surface area contributed by atoms with Gasteiger partial charge in [-0.3, -0.25) is 0 Å². The number of methoxy groups -OCH3 is 1. The Balaban J connectivity index is 2.86. The molecule has 0 amide bonds. The molecule has 1 fully saturated rings. The van der Waals surface area contributed by atoms with E-state index in [1.807, 2.05) is 0 Å². The Bertz CT molecular complexity index is 244. The highest BCUT2D eigenvalue weighted by Crippen LogP contribution is 2.48. The number of hydrogen-bond acceptors (Lipinski definition) is 3. The SMILES string of the molecule is COCC(C)(O)C1(C#N)CCC(C)C1. The maximum absolute atomic E-state index is 10.2. The van der Waals surface area contributed by atoms with Crippen molar-refractivity contribution in [2.75, 3.05) is 13.7 Å². The standard InChI is InChI=1S/C11H19NO2/c1-9-4-5-11(6-9,7-12)10(2,13)8-14-3/h9,13H,4-6,8H2,1-3H3. The van der Waals surface area contributed by atoms with Crippen LogP contribution in [0.4, 0.5) is 0 Å². The summed E-state index contributed by atoms with van der Waals surface area (Å²) in [4.78, 5) is 0. The van der Waals surface area contributed by atoms with Crippen LogP contribution in [0.1, 0.15) is 33.1 Å². The molecule has 80 valence electrons. The summed E-state index contributed by atoms with van der Waals surface area (Å²) in [5.41, 5.74) is -1.64. The summed E-state index contributed by atoms with van der Waals surface area (Å²) in [6.45, 7) is 4.06. The van der Waals surface area contributed by atoms with Crippen molar-refractivity contribution in [3.63, 3.8) is 0 Å². The molecule has 1 saturated carbocycles. The van der Waals surface area contributed by atoms with Gasteiger partial charge in [0.05, 0.1) is 18.1 Å². The summed E-state index contributed by atoms with van der Waals surface area (Å²) >= 11 is 0. The second-order valence-electron chi connectivity index (χ2n) is 4.75. The van der Waals surface area contributed by atoms with Gasteiger partial charge in [-0.05, 0) is 32.1 Å². The molecule has 3 atom stereocenters. The molecule has 1 N–H and O–H groups in total. The third-order valence-corrected chi connectivity index (χ3v) is 3.43. The predicted octanol–water partition coefficient (Wildman–Crippen LogP) is 1.71.